The van der Waals surface area contributed by atoms with Crippen molar-refractivity contribution in [2.24, 2.45) is 5.10 Å². The molecule has 0 spiro atoms. The third-order valence-electron chi connectivity index (χ3n) is 2.64. The smallest absolute Gasteiger partial charge is 0.216 e. The van der Waals surface area contributed by atoms with E-state index in [1.807, 2.05) is 0 Å². The molecular weight excluding hydrogens is 263 g/mol. The van der Waals surface area contributed by atoms with Gasteiger partial charge < -0.3 is 0 Å². The average molecular weight is 278 g/mol. The highest BCUT2D eigenvalue weighted by Gasteiger charge is 2.03. The first-order valence-corrected chi connectivity index (χ1v) is 6.57. The van der Waals surface area contributed by atoms with Crippen LogP contribution in [0.3, 0.4) is 0 Å². The number of rotatable bonds is 5. The van der Waals surface area contributed by atoms with Gasteiger partial charge in [0.15, 0.2) is 5.82 Å². The Labute approximate surface area is 116 Å². The number of nitrogens with one attached hydrogen (secondary N) is 1. The molecule has 1 heterocycles. The average Bonchev–Trinajstić information content (AvgIpc) is 2.75. The van der Waals surface area contributed by atoms with Gasteiger partial charge >= 0.3 is 0 Å². The van der Waals surface area contributed by atoms with E-state index >= 15 is 0 Å². The van der Waals surface area contributed by atoms with Gasteiger partial charge in [0.2, 0.25) is 4.77 Å². The standard InChI is InChI=1S/C13H15FN4S/c1-2-3-7-12-16-17-13(19)18(12)15-9-10-5-4-6-11(14)8-10/h4-6,8-9H,2-3,7H2,1H3,(H,17,19)/b15-9-. The fraction of sp³-hybridized carbons (Fsp3) is 0.308. The van der Waals surface area contributed by atoms with Crippen LogP contribution in [-0.4, -0.2) is 21.1 Å². The van der Waals surface area contributed by atoms with Gasteiger partial charge in [-0.05, 0) is 36.3 Å². The van der Waals surface area contributed by atoms with Gasteiger partial charge in [-0.15, -0.1) is 0 Å². The summed E-state index contributed by atoms with van der Waals surface area (Å²) < 4.78 is 15.1. The number of H-pyrrole nitrogens is 1. The van der Waals surface area contributed by atoms with Crippen LogP contribution in [0.4, 0.5) is 4.39 Å². The normalized spacial score (nSPS) is 11.3. The minimum absolute atomic E-state index is 0.286. The first kappa shape index (κ1) is 13.6. The molecule has 0 aliphatic carbocycles. The maximum Gasteiger partial charge on any atom is 0.216 e. The molecule has 6 heteroatoms. The molecule has 100 valence electrons. The van der Waals surface area contributed by atoms with Crippen LogP contribution in [0.15, 0.2) is 29.4 Å². The second kappa shape index (κ2) is 6.38. The summed E-state index contributed by atoms with van der Waals surface area (Å²) in [5.74, 6) is 0.505. The first-order valence-electron chi connectivity index (χ1n) is 6.17. The lowest BCUT2D eigenvalue weighted by atomic mass is 10.2. The van der Waals surface area contributed by atoms with Crippen molar-refractivity contribution in [3.8, 4) is 0 Å². The van der Waals surface area contributed by atoms with Crippen LogP contribution in [0, 0.1) is 10.6 Å². The summed E-state index contributed by atoms with van der Waals surface area (Å²) in [6.07, 6.45) is 4.48. The van der Waals surface area contributed by atoms with E-state index in [-0.39, 0.29) is 5.82 Å². The van der Waals surface area contributed by atoms with Crippen molar-refractivity contribution in [2.45, 2.75) is 26.2 Å². The van der Waals surface area contributed by atoms with E-state index in [1.165, 1.54) is 12.1 Å². The number of unbranched alkanes of at least 4 members (excludes halogenated alkanes) is 1. The van der Waals surface area contributed by atoms with E-state index in [0.29, 0.717) is 10.3 Å². The van der Waals surface area contributed by atoms with Crippen molar-refractivity contribution < 1.29 is 4.39 Å². The van der Waals surface area contributed by atoms with Crippen molar-refractivity contribution in [1.29, 1.82) is 0 Å². The van der Waals surface area contributed by atoms with E-state index in [4.69, 9.17) is 12.2 Å². The number of halogens is 1. The molecule has 0 unspecified atom stereocenters. The maximum absolute atomic E-state index is 13.1. The van der Waals surface area contributed by atoms with E-state index in [0.717, 1.165) is 25.1 Å². The van der Waals surface area contributed by atoms with Gasteiger partial charge in [0.05, 0.1) is 6.21 Å². The lowest BCUT2D eigenvalue weighted by Gasteiger charge is -1.99. The maximum atomic E-state index is 13.1. The van der Waals surface area contributed by atoms with Crippen LogP contribution in [0.2, 0.25) is 0 Å². The van der Waals surface area contributed by atoms with Crippen molar-refractivity contribution >= 4 is 18.4 Å². The van der Waals surface area contributed by atoms with Crippen LogP contribution in [0.25, 0.3) is 0 Å². The Balaban J connectivity index is 2.23. The van der Waals surface area contributed by atoms with E-state index in [9.17, 15) is 4.39 Å². The predicted octanol–water partition coefficient (Wildman–Crippen LogP) is 3.30. The van der Waals surface area contributed by atoms with Gasteiger partial charge in [-0.3, -0.25) is 5.10 Å². The van der Waals surface area contributed by atoms with E-state index in [1.54, 1.807) is 23.0 Å². The number of aromatic amines is 1. The van der Waals surface area contributed by atoms with E-state index in [2.05, 4.69) is 22.2 Å². The molecule has 0 saturated heterocycles. The Hall–Kier alpha value is -1.82. The summed E-state index contributed by atoms with van der Waals surface area (Å²) in [5.41, 5.74) is 0.685. The fourth-order valence-electron chi connectivity index (χ4n) is 1.65. The molecular formula is C13H15FN4S. The highest BCUT2D eigenvalue weighted by Crippen LogP contribution is 2.05. The molecule has 0 saturated carbocycles. The quantitative estimate of drug-likeness (QED) is 0.673. The minimum Gasteiger partial charge on any atom is -0.250 e. The molecule has 0 radical (unpaired) electrons. The third-order valence-corrected chi connectivity index (χ3v) is 2.91. The number of aryl methyl sites for hydroxylation is 1. The topological polar surface area (TPSA) is 46.0 Å². The number of hydrogen-bond acceptors (Lipinski definition) is 3. The predicted molar refractivity (Wildman–Crippen MR) is 75.4 cm³/mol. The van der Waals surface area contributed by atoms with Crippen LogP contribution in [-0.2, 0) is 6.42 Å². The molecule has 0 bridgehead atoms. The second-order valence-electron chi connectivity index (χ2n) is 4.16. The summed E-state index contributed by atoms with van der Waals surface area (Å²) in [7, 11) is 0. The van der Waals surface area contributed by atoms with Gasteiger partial charge in [-0.2, -0.15) is 14.9 Å². The summed E-state index contributed by atoms with van der Waals surface area (Å²) in [6, 6.07) is 6.23. The van der Waals surface area contributed by atoms with Gasteiger partial charge in [0.1, 0.15) is 5.82 Å². The molecule has 0 amide bonds. The molecule has 0 atom stereocenters. The Bertz CT molecular complexity index is 630. The molecule has 2 rings (SSSR count). The Morgan fingerprint density at radius 2 is 2.37 bits per heavy atom. The molecule has 1 aromatic carbocycles. The molecule has 1 N–H and O–H groups in total. The number of aromatic nitrogens is 3. The van der Waals surface area contributed by atoms with Crippen LogP contribution < -0.4 is 0 Å². The van der Waals surface area contributed by atoms with Gasteiger partial charge in [-0.25, -0.2) is 4.39 Å². The third kappa shape index (κ3) is 3.57. The van der Waals surface area contributed by atoms with Crippen LogP contribution >= 0.6 is 12.2 Å². The lowest BCUT2D eigenvalue weighted by molar-refractivity contribution is 0.627. The number of benzene rings is 1. The highest BCUT2D eigenvalue weighted by atomic mass is 32.1. The van der Waals surface area contributed by atoms with Gasteiger partial charge in [-0.1, -0.05) is 25.5 Å². The molecule has 19 heavy (non-hydrogen) atoms. The van der Waals surface area contributed by atoms with Crippen molar-refractivity contribution in [2.75, 3.05) is 0 Å². The molecule has 0 aliphatic heterocycles. The summed E-state index contributed by atoms with van der Waals surface area (Å²) in [4.78, 5) is 0. The lowest BCUT2D eigenvalue weighted by Crippen LogP contribution is -1.99. The molecule has 4 nitrogen and oxygen atoms in total. The van der Waals surface area contributed by atoms with Gasteiger partial charge in [0.25, 0.3) is 0 Å². The largest absolute Gasteiger partial charge is 0.250 e. The van der Waals surface area contributed by atoms with Crippen molar-refractivity contribution in [1.82, 2.24) is 14.9 Å². The molecule has 1 aromatic heterocycles. The van der Waals surface area contributed by atoms with Crippen LogP contribution in [0.1, 0.15) is 31.2 Å². The minimum atomic E-state index is -0.286. The zero-order chi connectivity index (χ0) is 13.7. The summed E-state index contributed by atoms with van der Waals surface area (Å²) >= 11 is 5.12. The summed E-state index contributed by atoms with van der Waals surface area (Å²) in [6.45, 7) is 2.11. The second-order valence-corrected chi connectivity index (χ2v) is 4.55. The molecule has 0 fully saturated rings. The Kier molecular flexibility index (Phi) is 4.57. The molecule has 2 aromatic rings. The monoisotopic (exact) mass is 278 g/mol. The van der Waals surface area contributed by atoms with E-state index < -0.39 is 0 Å². The van der Waals surface area contributed by atoms with Crippen LogP contribution in [0.5, 0.6) is 0 Å². The first-order chi connectivity index (χ1) is 9.20. The SMILES string of the molecule is CCCCc1n[nH]c(=S)n1/N=C\c1cccc(F)c1. The zero-order valence-corrected chi connectivity index (χ0v) is 11.5. The highest BCUT2D eigenvalue weighted by molar-refractivity contribution is 7.71. The summed E-state index contributed by atoms with van der Waals surface area (Å²) in [5, 5.41) is 11.1. The molecule has 0 aliphatic rings. The van der Waals surface area contributed by atoms with Crippen molar-refractivity contribution in [3.05, 3.63) is 46.2 Å². The fourth-order valence-corrected chi connectivity index (χ4v) is 1.85. The number of nitrogens with zero attached hydrogens (tertiary/aromatic N) is 3. The number of hydrogen-bond donors (Lipinski definition) is 1. The van der Waals surface area contributed by atoms with Gasteiger partial charge in [0, 0.05) is 6.42 Å². The van der Waals surface area contributed by atoms with Crippen molar-refractivity contribution in [3.63, 3.8) is 0 Å². The Morgan fingerprint density at radius 1 is 1.53 bits per heavy atom. The Morgan fingerprint density at radius 3 is 3.11 bits per heavy atom. The zero-order valence-electron chi connectivity index (χ0n) is 10.6.